The molecule has 0 aliphatic carbocycles. The fourth-order valence-electron chi connectivity index (χ4n) is 1.30. The second-order valence-electron chi connectivity index (χ2n) is 3.52. The van der Waals surface area contributed by atoms with Crippen LogP contribution in [0.5, 0.6) is 0 Å². The minimum Gasteiger partial charge on any atom is -0.416 e. The molecule has 0 aliphatic heterocycles. The van der Waals surface area contributed by atoms with Crippen molar-refractivity contribution in [3.8, 4) is 0 Å². The van der Waals surface area contributed by atoms with Crippen LogP contribution in [0.3, 0.4) is 0 Å². The minimum absolute atomic E-state index is 0.251. The molecule has 0 radical (unpaired) electrons. The molecule has 1 aromatic heterocycles. The molecular weight excluding hydrogens is 321 g/mol. The normalized spacial score (nSPS) is 10.8. The van der Waals surface area contributed by atoms with E-state index in [9.17, 15) is 4.39 Å². The van der Waals surface area contributed by atoms with Gasteiger partial charge in [0.1, 0.15) is 5.82 Å². The van der Waals surface area contributed by atoms with Crippen LogP contribution in [0.2, 0.25) is 0 Å². The maximum absolute atomic E-state index is 13.6. The lowest BCUT2D eigenvalue weighted by atomic mass is 10.2. The van der Waals surface area contributed by atoms with Crippen LogP contribution in [-0.4, -0.2) is 16.7 Å². The Bertz CT molecular complexity index is 535. The molecule has 1 heterocycles. The average molecular weight is 332 g/mol. The first-order valence-corrected chi connectivity index (χ1v) is 7.06. The third kappa shape index (κ3) is 3.54. The summed E-state index contributed by atoms with van der Waals surface area (Å²) in [4.78, 5) is 0. The predicted octanol–water partition coefficient (Wildman–Crippen LogP) is 2.76. The fraction of sp³-hybridized carbons (Fsp3) is 0.273. The van der Waals surface area contributed by atoms with Crippen LogP contribution >= 0.6 is 27.7 Å². The summed E-state index contributed by atoms with van der Waals surface area (Å²) in [5.41, 5.74) is 5.98. The molecule has 2 aromatic rings. The van der Waals surface area contributed by atoms with Crippen molar-refractivity contribution >= 4 is 27.7 Å². The molecule has 0 aliphatic rings. The number of rotatable bonds is 5. The first-order valence-electron chi connectivity index (χ1n) is 5.28. The first kappa shape index (κ1) is 13.5. The molecule has 0 saturated carbocycles. The maximum Gasteiger partial charge on any atom is 0.276 e. The van der Waals surface area contributed by atoms with Crippen molar-refractivity contribution in [1.82, 2.24) is 10.2 Å². The Morgan fingerprint density at radius 1 is 1.39 bits per heavy atom. The molecule has 96 valence electrons. The summed E-state index contributed by atoms with van der Waals surface area (Å²) >= 11 is 4.52. The largest absolute Gasteiger partial charge is 0.416 e. The van der Waals surface area contributed by atoms with Gasteiger partial charge in [-0.1, -0.05) is 33.8 Å². The third-order valence-corrected chi connectivity index (χ3v) is 3.53. The molecule has 4 nitrogen and oxygen atoms in total. The van der Waals surface area contributed by atoms with Gasteiger partial charge < -0.3 is 10.2 Å². The number of halogens is 2. The van der Waals surface area contributed by atoms with Gasteiger partial charge in [0, 0.05) is 23.2 Å². The first-order chi connectivity index (χ1) is 8.69. The van der Waals surface area contributed by atoms with E-state index in [1.807, 2.05) is 0 Å². The molecule has 0 bridgehead atoms. The molecule has 1 aromatic carbocycles. The summed E-state index contributed by atoms with van der Waals surface area (Å²) in [5.74, 6) is 0.707. The van der Waals surface area contributed by atoms with Crippen LogP contribution in [0, 0.1) is 5.82 Å². The zero-order valence-electron chi connectivity index (χ0n) is 9.40. The molecule has 0 saturated heterocycles. The van der Waals surface area contributed by atoms with E-state index in [0.717, 1.165) is 4.47 Å². The number of aromatic nitrogens is 2. The van der Waals surface area contributed by atoms with Crippen molar-refractivity contribution in [2.24, 2.45) is 5.73 Å². The summed E-state index contributed by atoms with van der Waals surface area (Å²) in [7, 11) is 0. The Kier molecular flexibility index (Phi) is 4.73. The van der Waals surface area contributed by atoms with Gasteiger partial charge in [0.25, 0.3) is 5.22 Å². The van der Waals surface area contributed by atoms with Gasteiger partial charge in [-0.25, -0.2) is 4.39 Å². The Morgan fingerprint density at radius 2 is 2.22 bits per heavy atom. The number of nitrogens with zero attached hydrogens (tertiary/aromatic N) is 2. The van der Waals surface area contributed by atoms with E-state index in [1.54, 1.807) is 12.1 Å². The van der Waals surface area contributed by atoms with Crippen molar-refractivity contribution < 1.29 is 8.81 Å². The van der Waals surface area contributed by atoms with Crippen LogP contribution in [0.1, 0.15) is 11.5 Å². The lowest BCUT2D eigenvalue weighted by molar-refractivity contribution is 0.414. The van der Waals surface area contributed by atoms with Crippen molar-refractivity contribution in [3.05, 3.63) is 39.9 Å². The highest BCUT2D eigenvalue weighted by Crippen LogP contribution is 2.24. The van der Waals surface area contributed by atoms with E-state index >= 15 is 0 Å². The van der Waals surface area contributed by atoms with E-state index in [-0.39, 0.29) is 5.82 Å². The monoisotopic (exact) mass is 331 g/mol. The van der Waals surface area contributed by atoms with Gasteiger partial charge in [-0.3, -0.25) is 0 Å². The molecular formula is C11H11BrFN3OS. The van der Waals surface area contributed by atoms with Crippen LogP contribution in [-0.2, 0) is 12.2 Å². The van der Waals surface area contributed by atoms with Crippen LogP contribution < -0.4 is 5.73 Å². The highest BCUT2D eigenvalue weighted by Gasteiger charge is 2.08. The van der Waals surface area contributed by atoms with Gasteiger partial charge in [-0.15, -0.1) is 10.2 Å². The van der Waals surface area contributed by atoms with Crippen LogP contribution in [0.4, 0.5) is 4.39 Å². The second-order valence-corrected chi connectivity index (χ2v) is 5.37. The number of hydrogen-bond donors (Lipinski definition) is 1. The molecule has 2 N–H and O–H groups in total. The van der Waals surface area contributed by atoms with Gasteiger partial charge in [-0.2, -0.15) is 0 Å². The van der Waals surface area contributed by atoms with E-state index in [0.29, 0.717) is 35.4 Å². The maximum atomic E-state index is 13.6. The van der Waals surface area contributed by atoms with E-state index in [1.165, 1.54) is 17.8 Å². The quantitative estimate of drug-likeness (QED) is 0.853. The molecule has 0 amide bonds. The Balaban J connectivity index is 1.97. The number of hydrogen-bond acceptors (Lipinski definition) is 5. The van der Waals surface area contributed by atoms with Crippen molar-refractivity contribution in [3.63, 3.8) is 0 Å². The molecule has 7 heteroatoms. The average Bonchev–Trinajstić information content (AvgIpc) is 2.76. The Morgan fingerprint density at radius 3 is 2.94 bits per heavy atom. The van der Waals surface area contributed by atoms with Crippen molar-refractivity contribution in [2.45, 2.75) is 17.4 Å². The summed E-state index contributed by atoms with van der Waals surface area (Å²) in [6.07, 6.45) is 0.556. The Hall–Kier alpha value is -0.920. The lowest BCUT2D eigenvalue weighted by Gasteiger charge is -2.00. The molecule has 2 rings (SSSR count). The molecule has 0 fully saturated rings. The SMILES string of the molecule is NCCc1nnc(SCc2ccc(Br)cc2F)o1. The third-order valence-electron chi connectivity index (χ3n) is 2.17. The summed E-state index contributed by atoms with van der Waals surface area (Å²) in [6, 6.07) is 4.96. The summed E-state index contributed by atoms with van der Waals surface area (Å²) < 4.78 is 19.6. The standard InChI is InChI=1S/C11H11BrFN3OS/c12-8-2-1-7(9(13)5-8)6-18-11-16-15-10(17-11)3-4-14/h1-2,5H,3-4,6,14H2. The lowest BCUT2D eigenvalue weighted by Crippen LogP contribution is -2.02. The van der Waals surface area contributed by atoms with E-state index in [4.69, 9.17) is 10.2 Å². The predicted molar refractivity (Wildman–Crippen MR) is 70.7 cm³/mol. The second kappa shape index (κ2) is 6.31. The smallest absolute Gasteiger partial charge is 0.276 e. The number of benzene rings is 1. The zero-order chi connectivity index (χ0) is 13.0. The molecule has 0 spiro atoms. The highest BCUT2D eigenvalue weighted by atomic mass is 79.9. The van der Waals surface area contributed by atoms with Crippen molar-refractivity contribution in [2.75, 3.05) is 6.54 Å². The zero-order valence-corrected chi connectivity index (χ0v) is 11.8. The van der Waals surface area contributed by atoms with Gasteiger partial charge in [-0.05, 0) is 17.7 Å². The molecule has 0 unspecified atom stereocenters. The molecule has 18 heavy (non-hydrogen) atoms. The Labute approximate surface area is 116 Å². The topological polar surface area (TPSA) is 64.9 Å². The summed E-state index contributed by atoms with van der Waals surface area (Å²) in [6.45, 7) is 0.466. The molecule has 0 atom stereocenters. The fourth-order valence-corrected chi connectivity index (χ4v) is 2.40. The van der Waals surface area contributed by atoms with Gasteiger partial charge in [0.2, 0.25) is 5.89 Å². The van der Waals surface area contributed by atoms with Gasteiger partial charge >= 0.3 is 0 Å². The van der Waals surface area contributed by atoms with Crippen LogP contribution in [0.25, 0.3) is 0 Å². The van der Waals surface area contributed by atoms with Crippen molar-refractivity contribution in [1.29, 1.82) is 0 Å². The minimum atomic E-state index is -0.251. The number of nitrogens with two attached hydrogens (primary N) is 1. The number of thioether (sulfide) groups is 1. The van der Waals surface area contributed by atoms with Gasteiger partial charge in [0.05, 0.1) is 0 Å². The van der Waals surface area contributed by atoms with E-state index < -0.39 is 0 Å². The van der Waals surface area contributed by atoms with Crippen LogP contribution in [0.15, 0.2) is 32.3 Å². The highest BCUT2D eigenvalue weighted by molar-refractivity contribution is 9.10. The summed E-state index contributed by atoms with van der Waals surface area (Å²) in [5, 5.41) is 8.12. The van der Waals surface area contributed by atoms with E-state index in [2.05, 4.69) is 26.1 Å². The van der Waals surface area contributed by atoms with Gasteiger partial charge in [0.15, 0.2) is 0 Å².